The third kappa shape index (κ3) is 5.59. The van der Waals surface area contributed by atoms with Gasteiger partial charge < -0.3 is 15.4 Å². The molecule has 0 bridgehead atoms. The van der Waals surface area contributed by atoms with Crippen molar-refractivity contribution in [2.24, 2.45) is 0 Å². The number of hydrogen-bond acceptors (Lipinski definition) is 3. The molecule has 4 nitrogen and oxygen atoms in total. The minimum Gasteiger partial charge on any atom is -0.497 e. The molecule has 0 aliphatic heterocycles. The van der Waals surface area contributed by atoms with Crippen LogP contribution in [0.25, 0.3) is 0 Å². The Morgan fingerprint density at radius 2 is 1.55 bits per heavy atom. The van der Waals surface area contributed by atoms with Gasteiger partial charge in [0, 0.05) is 11.1 Å². The SMILES string of the molecule is COc1ccc([C@@H](NC(=O)CN[C@@H](C)c2ccccc2Cl)c2ccccc2)cc1. The van der Waals surface area contributed by atoms with Crippen LogP contribution in [-0.2, 0) is 4.79 Å². The van der Waals surface area contributed by atoms with Crippen molar-refractivity contribution in [1.29, 1.82) is 0 Å². The number of methoxy groups -OCH3 is 1. The molecule has 0 radical (unpaired) electrons. The molecule has 0 aliphatic rings. The number of benzene rings is 3. The molecule has 0 aromatic heterocycles. The summed E-state index contributed by atoms with van der Waals surface area (Å²) in [6.07, 6.45) is 0. The summed E-state index contributed by atoms with van der Waals surface area (Å²) in [5.41, 5.74) is 2.98. The molecule has 0 heterocycles. The summed E-state index contributed by atoms with van der Waals surface area (Å²) in [6.45, 7) is 2.18. The Kier molecular flexibility index (Phi) is 7.28. The smallest absolute Gasteiger partial charge is 0.234 e. The number of hydrogen-bond donors (Lipinski definition) is 2. The van der Waals surface area contributed by atoms with Crippen LogP contribution in [0.4, 0.5) is 0 Å². The van der Waals surface area contributed by atoms with E-state index >= 15 is 0 Å². The zero-order valence-corrected chi connectivity index (χ0v) is 17.3. The summed E-state index contributed by atoms with van der Waals surface area (Å²) in [5.74, 6) is 0.690. The second-order valence-corrected chi connectivity index (χ2v) is 7.22. The first-order chi connectivity index (χ1) is 14.1. The van der Waals surface area contributed by atoms with Gasteiger partial charge in [0.25, 0.3) is 0 Å². The maximum Gasteiger partial charge on any atom is 0.234 e. The van der Waals surface area contributed by atoms with E-state index in [1.165, 1.54) is 0 Å². The van der Waals surface area contributed by atoms with E-state index in [4.69, 9.17) is 16.3 Å². The molecule has 1 amide bonds. The Labute approximate surface area is 176 Å². The number of amides is 1. The lowest BCUT2D eigenvalue weighted by Gasteiger charge is -2.21. The third-order valence-corrected chi connectivity index (χ3v) is 5.17. The minimum absolute atomic E-state index is 0.0365. The van der Waals surface area contributed by atoms with Crippen LogP contribution in [0, 0.1) is 0 Å². The van der Waals surface area contributed by atoms with Crippen molar-refractivity contribution in [2.75, 3.05) is 13.7 Å². The number of ether oxygens (including phenoxy) is 1. The maximum absolute atomic E-state index is 12.7. The molecule has 0 unspecified atom stereocenters. The van der Waals surface area contributed by atoms with Crippen LogP contribution in [0.5, 0.6) is 5.75 Å². The van der Waals surface area contributed by atoms with E-state index in [-0.39, 0.29) is 24.5 Å². The molecular weight excluding hydrogens is 384 g/mol. The standard InChI is InChI=1S/C24H25ClN2O2/c1-17(21-10-6-7-11-22(21)25)26-16-23(28)27-24(18-8-4-3-5-9-18)19-12-14-20(29-2)15-13-19/h3-15,17,24,26H,16H2,1-2H3,(H,27,28)/t17-,24-/m0/s1. The molecule has 29 heavy (non-hydrogen) atoms. The highest BCUT2D eigenvalue weighted by molar-refractivity contribution is 6.31. The molecular formula is C24H25ClN2O2. The summed E-state index contributed by atoms with van der Waals surface area (Å²) in [7, 11) is 1.64. The first-order valence-electron chi connectivity index (χ1n) is 9.54. The average molecular weight is 409 g/mol. The van der Waals surface area contributed by atoms with E-state index < -0.39 is 0 Å². The second kappa shape index (κ2) is 10.1. The normalized spacial score (nSPS) is 12.8. The number of rotatable bonds is 8. The highest BCUT2D eigenvalue weighted by Crippen LogP contribution is 2.24. The lowest BCUT2D eigenvalue weighted by molar-refractivity contribution is -0.120. The highest BCUT2D eigenvalue weighted by atomic mass is 35.5. The van der Waals surface area contributed by atoms with Crippen molar-refractivity contribution < 1.29 is 9.53 Å². The molecule has 0 saturated heterocycles. The molecule has 150 valence electrons. The average Bonchev–Trinajstić information content (AvgIpc) is 2.77. The van der Waals surface area contributed by atoms with E-state index in [1.54, 1.807) is 7.11 Å². The van der Waals surface area contributed by atoms with Crippen LogP contribution in [-0.4, -0.2) is 19.6 Å². The monoisotopic (exact) mass is 408 g/mol. The van der Waals surface area contributed by atoms with Crippen molar-refractivity contribution in [3.63, 3.8) is 0 Å². The van der Waals surface area contributed by atoms with Crippen molar-refractivity contribution in [3.8, 4) is 5.75 Å². The molecule has 3 aromatic rings. The molecule has 0 saturated carbocycles. The molecule has 0 fully saturated rings. The van der Waals surface area contributed by atoms with Gasteiger partial charge in [-0.2, -0.15) is 0 Å². The van der Waals surface area contributed by atoms with E-state index in [0.717, 1.165) is 22.4 Å². The van der Waals surface area contributed by atoms with Gasteiger partial charge in [-0.05, 0) is 41.8 Å². The zero-order chi connectivity index (χ0) is 20.6. The van der Waals surface area contributed by atoms with Gasteiger partial charge in [-0.1, -0.05) is 72.3 Å². The second-order valence-electron chi connectivity index (χ2n) is 6.81. The van der Waals surface area contributed by atoms with Crippen molar-refractivity contribution in [1.82, 2.24) is 10.6 Å². The number of nitrogens with one attached hydrogen (secondary N) is 2. The molecule has 0 aliphatic carbocycles. The molecule has 3 rings (SSSR count). The Morgan fingerprint density at radius 1 is 0.931 bits per heavy atom. The fourth-order valence-corrected chi connectivity index (χ4v) is 3.49. The predicted molar refractivity (Wildman–Crippen MR) is 117 cm³/mol. The lowest BCUT2D eigenvalue weighted by Crippen LogP contribution is -2.37. The summed E-state index contributed by atoms with van der Waals surface area (Å²) >= 11 is 6.25. The highest BCUT2D eigenvalue weighted by Gasteiger charge is 2.18. The summed E-state index contributed by atoms with van der Waals surface area (Å²) < 4.78 is 5.24. The van der Waals surface area contributed by atoms with Crippen LogP contribution in [0.2, 0.25) is 5.02 Å². The van der Waals surface area contributed by atoms with Crippen LogP contribution in [0.15, 0.2) is 78.9 Å². The first kappa shape index (κ1) is 20.9. The third-order valence-electron chi connectivity index (χ3n) is 4.83. The fourth-order valence-electron chi connectivity index (χ4n) is 3.19. The van der Waals surface area contributed by atoms with Gasteiger partial charge in [-0.25, -0.2) is 0 Å². The number of halogens is 1. The van der Waals surface area contributed by atoms with Gasteiger partial charge in [0.1, 0.15) is 5.75 Å². The number of carbonyl (C=O) groups excluding carboxylic acids is 1. The van der Waals surface area contributed by atoms with Crippen LogP contribution >= 0.6 is 11.6 Å². The molecule has 3 aromatic carbocycles. The van der Waals surface area contributed by atoms with Gasteiger partial charge in [-0.15, -0.1) is 0 Å². The van der Waals surface area contributed by atoms with Crippen molar-refractivity contribution >= 4 is 17.5 Å². The van der Waals surface area contributed by atoms with Gasteiger partial charge in [0.2, 0.25) is 5.91 Å². The van der Waals surface area contributed by atoms with Gasteiger partial charge >= 0.3 is 0 Å². The Balaban J connectivity index is 1.70. The van der Waals surface area contributed by atoms with Gasteiger partial charge in [0.05, 0.1) is 19.7 Å². The quantitative estimate of drug-likeness (QED) is 0.557. The zero-order valence-electron chi connectivity index (χ0n) is 16.6. The van der Waals surface area contributed by atoms with Crippen molar-refractivity contribution in [2.45, 2.75) is 19.0 Å². The van der Waals surface area contributed by atoms with E-state index in [1.807, 2.05) is 85.8 Å². The van der Waals surface area contributed by atoms with Crippen molar-refractivity contribution in [3.05, 3.63) is 101 Å². The maximum atomic E-state index is 12.7. The lowest BCUT2D eigenvalue weighted by atomic mass is 9.98. The molecule has 5 heteroatoms. The van der Waals surface area contributed by atoms with E-state index in [2.05, 4.69) is 10.6 Å². The number of carbonyl (C=O) groups is 1. The largest absolute Gasteiger partial charge is 0.497 e. The van der Waals surface area contributed by atoms with E-state index in [0.29, 0.717) is 5.02 Å². The molecule has 0 spiro atoms. The Morgan fingerprint density at radius 3 is 2.21 bits per heavy atom. The van der Waals surface area contributed by atoms with Gasteiger partial charge in [0.15, 0.2) is 0 Å². The first-order valence-corrected chi connectivity index (χ1v) is 9.92. The molecule has 2 N–H and O–H groups in total. The summed E-state index contributed by atoms with van der Waals surface area (Å²) in [6, 6.07) is 25.0. The summed E-state index contributed by atoms with van der Waals surface area (Å²) in [4.78, 5) is 12.7. The summed E-state index contributed by atoms with van der Waals surface area (Å²) in [5, 5.41) is 7.07. The topological polar surface area (TPSA) is 50.4 Å². The predicted octanol–water partition coefficient (Wildman–Crippen LogP) is 4.91. The Bertz CT molecular complexity index is 929. The van der Waals surface area contributed by atoms with E-state index in [9.17, 15) is 4.79 Å². The Hall–Kier alpha value is -2.82. The van der Waals surface area contributed by atoms with Crippen LogP contribution in [0.3, 0.4) is 0 Å². The fraction of sp³-hybridized carbons (Fsp3) is 0.208. The molecule has 2 atom stereocenters. The van der Waals surface area contributed by atoms with Crippen LogP contribution < -0.4 is 15.4 Å². The minimum atomic E-state index is -0.243. The van der Waals surface area contributed by atoms with Gasteiger partial charge in [-0.3, -0.25) is 4.79 Å². The van der Waals surface area contributed by atoms with Crippen LogP contribution in [0.1, 0.15) is 35.7 Å².